The lowest BCUT2D eigenvalue weighted by molar-refractivity contribution is -0.149. The first-order chi connectivity index (χ1) is 6.06. The number of carboxylic acid groups (broad SMARTS) is 2. The highest BCUT2D eigenvalue weighted by atomic mass is 16.4. The summed E-state index contributed by atoms with van der Waals surface area (Å²) < 4.78 is 0. The lowest BCUT2D eigenvalue weighted by atomic mass is 9.96. The molecule has 4 nitrogen and oxygen atoms in total. The summed E-state index contributed by atoms with van der Waals surface area (Å²) in [6.45, 7) is 0. The van der Waals surface area contributed by atoms with Gasteiger partial charge in [0.25, 0.3) is 0 Å². The molecule has 13 heavy (non-hydrogen) atoms. The van der Waals surface area contributed by atoms with E-state index in [4.69, 9.17) is 10.2 Å². The van der Waals surface area contributed by atoms with Crippen LogP contribution in [0, 0.1) is 17.3 Å². The van der Waals surface area contributed by atoms with Gasteiger partial charge in [-0.15, -0.1) is 0 Å². The molecule has 0 aliphatic heterocycles. The smallest absolute Gasteiger partial charge is 0.310 e. The van der Waals surface area contributed by atoms with Gasteiger partial charge in [-0.3, -0.25) is 9.59 Å². The lowest BCUT2D eigenvalue weighted by Gasteiger charge is -2.08. The van der Waals surface area contributed by atoms with Crippen LogP contribution in [0.3, 0.4) is 0 Å². The first-order valence-electron chi connectivity index (χ1n) is 4.52. The van der Waals surface area contributed by atoms with E-state index in [0.717, 1.165) is 12.8 Å². The molecular formula is C9H12O4. The van der Waals surface area contributed by atoms with Crippen LogP contribution in [-0.2, 0) is 9.59 Å². The Kier molecular flexibility index (Phi) is 1.62. The number of hydrogen-bond donors (Lipinski definition) is 2. The molecule has 0 amide bonds. The molecule has 2 aliphatic rings. The molecule has 4 heteroatoms. The third kappa shape index (κ3) is 1.30. The monoisotopic (exact) mass is 184 g/mol. The molecule has 2 unspecified atom stereocenters. The number of rotatable bonds is 4. The number of carbonyl (C=O) groups is 2. The van der Waals surface area contributed by atoms with Crippen molar-refractivity contribution in [3.8, 4) is 0 Å². The summed E-state index contributed by atoms with van der Waals surface area (Å²) in [7, 11) is 0. The number of aliphatic carboxylic acids is 2. The fourth-order valence-electron chi connectivity index (χ4n) is 2.02. The van der Waals surface area contributed by atoms with Gasteiger partial charge >= 0.3 is 11.9 Å². The van der Waals surface area contributed by atoms with Crippen LogP contribution in [0.4, 0.5) is 0 Å². The zero-order valence-corrected chi connectivity index (χ0v) is 7.19. The van der Waals surface area contributed by atoms with E-state index in [1.807, 2.05) is 0 Å². The molecule has 0 heterocycles. The molecule has 2 fully saturated rings. The largest absolute Gasteiger partial charge is 0.481 e. The topological polar surface area (TPSA) is 74.6 Å². The standard InChI is InChI=1S/C9H12O4/c10-7(11)6-4-9(6,8(12)13)3-5-1-2-5/h5-6H,1-4H2,(H,10,11)(H,12,13). The predicted octanol–water partition coefficient (Wildman–Crippen LogP) is 0.962. The van der Waals surface area contributed by atoms with Gasteiger partial charge in [0, 0.05) is 0 Å². The normalized spacial score (nSPS) is 37.1. The van der Waals surface area contributed by atoms with Crippen LogP contribution in [0.5, 0.6) is 0 Å². The minimum atomic E-state index is -0.956. The Morgan fingerprint density at radius 1 is 1.31 bits per heavy atom. The average molecular weight is 184 g/mol. The van der Waals surface area contributed by atoms with Gasteiger partial charge in [0.15, 0.2) is 0 Å². The molecule has 0 aromatic carbocycles. The highest BCUT2D eigenvalue weighted by molar-refractivity contribution is 5.89. The van der Waals surface area contributed by atoms with E-state index >= 15 is 0 Å². The van der Waals surface area contributed by atoms with E-state index in [1.165, 1.54) is 0 Å². The van der Waals surface area contributed by atoms with E-state index in [2.05, 4.69) is 0 Å². The first kappa shape index (κ1) is 8.53. The molecule has 2 saturated carbocycles. The van der Waals surface area contributed by atoms with E-state index in [1.54, 1.807) is 0 Å². The predicted molar refractivity (Wildman–Crippen MR) is 43.2 cm³/mol. The van der Waals surface area contributed by atoms with Gasteiger partial charge in [-0.25, -0.2) is 0 Å². The van der Waals surface area contributed by atoms with Crippen molar-refractivity contribution < 1.29 is 19.8 Å². The molecule has 2 atom stereocenters. The molecule has 0 saturated heterocycles. The zero-order valence-electron chi connectivity index (χ0n) is 7.19. The molecule has 0 spiro atoms. The van der Waals surface area contributed by atoms with Crippen LogP contribution in [-0.4, -0.2) is 22.2 Å². The van der Waals surface area contributed by atoms with Gasteiger partial charge in [-0.1, -0.05) is 12.8 Å². The van der Waals surface area contributed by atoms with Crippen molar-refractivity contribution in [1.82, 2.24) is 0 Å². The summed E-state index contributed by atoms with van der Waals surface area (Å²) in [5.74, 6) is -2.04. The fraction of sp³-hybridized carbons (Fsp3) is 0.778. The molecule has 72 valence electrons. The van der Waals surface area contributed by atoms with Crippen LogP contribution < -0.4 is 0 Å². The van der Waals surface area contributed by atoms with Crippen LogP contribution in [0.25, 0.3) is 0 Å². The molecule has 2 N–H and O–H groups in total. The third-order valence-electron chi connectivity index (χ3n) is 3.15. The molecule has 0 radical (unpaired) electrons. The quantitative estimate of drug-likeness (QED) is 0.682. The Morgan fingerprint density at radius 3 is 2.23 bits per heavy atom. The van der Waals surface area contributed by atoms with E-state index in [9.17, 15) is 9.59 Å². The van der Waals surface area contributed by atoms with Gasteiger partial charge in [-0.05, 0) is 18.8 Å². The molecule has 0 bridgehead atoms. The molecule has 2 rings (SSSR count). The SMILES string of the molecule is O=C(O)C1CC1(CC1CC1)C(=O)O. The van der Waals surface area contributed by atoms with E-state index < -0.39 is 23.3 Å². The van der Waals surface area contributed by atoms with Crippen LogP contribution in [0.15, 0.2) is 0 Å². The number of hydrogen-bond acceptors (Lipinski definition) is 2. The van der Waals surface area contributed by atoms with Gasteiger partial charge < -0.3 is 10.2 Å². The Hall–Kier alpha value is -1.06. The Bertz CT molecular complexity index is 269. The summed E-state index contributed by atoms with van der Waals surface area (Å²) in [6, 6.07) is 0. The molecule has 0 aromatic heterocycles. The second kappa shape index (κ2) is 2.47. The third-order valence-corrected chi connectivity index (χ3v) is 3.15. The van der Waals surface area contributed by atoms with Crippen molar-refractivity contribution in [1.29, 1.82) is 0 Å². The maximum absolute atomic E-state index is 10.9. The van der Waals surface area contributed by atoms with Crippen molar-refractivity contribution >= 4 is 11.9 Å². The zero-order chi connectivity index (χ0) is 9.64. The first-order valence-corrected chi connectivity index (χ1v) is 4.52. The highest BCUT2D eigenvalue weighted by Gasteiger charge is 2.65. The maximum atomic E-state index is 10.9. The molecule has 2 aliphatic carbocycles. The van der Waals surface area contributed by atoms with Gasteiger partial charge in [-0.2, -0.15) is 0 Å². The van der Waals surface area contributed by atoms with Crippen molar-refractivity contribution in [2.45, 2.75) is 25.7 Å². The van der Waals surface area contributed by atoms with Crippen LogP contribution in [0.1, 0.15) is 25.7 Å². The highest BCUT2D eigenvalue weighted by Crippen LogP contribution is 2.59. The van der Waals surface area contributed by atoms with Gasteiger partial charge in [0.05, 0.1) is 11.3 Å². The average Bonchev–Trinajstić information content (AvgIpc) is 2.84. The maximum Gasteiger partial charge on any atom is 0.310 e. The van der Waals surface area contributed by atoms with E-state index in [-0.39, 0.29) is 0 Å². The summed E-state index contributed by atoms with van der Waals surface area (Å²) in [6.07, 6.45) is 3.04. The van der Waals surface area contributed by atoms with Crippen molar-refractivity contribution in [3.63, 3.8) is 0 Å². The second-order valence-electron chi connectivity index (χ2n) is 4.20. The summed E-state index contributed by atoms with van der Waals surface area (Å²) in [5, 5.41) is 17.6. The van der Waals surface area contributed by atoms with Gasteiger partial charge in [0.2, 0.25) is 0 Å². The van der Waals surface area contributed by atoms with Crippen molar-refractivity contribution in [2.24, 2.45) is 17.3 Å². The minimum Gasteiger partial charge on any atom is -0.481 e. The lowest BCUT2D eigenvalue weighted by Crippen LogP contribution is -2.21. The summed E-state index contributed by atoms with van der Waals surface area (Å²) in [4.78, 5) is 21.5. The molecule has 0 aromatic rings. The minimum absolute atomic E-state index is 0.328. The Labute approximate surface area is 75.6 Å². The second-order valence-corrected chi connectivity index (χ2v) is 4.20. The Balaban J connectivity index is 2.06. The van der Waals surface area contributed by atoms with E-state index in [0.29, 0.717) is 18.8 Å². The summed E-state index contributed by atoms with van der Waals surface area (Å²) >= 11 is 0. The fourth-order valence-corrected chi connectivity index (χ4v) is 2.02. The van der Waals surface area contributed by atoms with Crippen LogP contribution >= 0.6 is 0 Å². The van der Waals surface area contributed by atoms with Crippen molar-refractivity contribution in [2.75, 3.05) is 0 Å². The molecular weight excluding hydrogens is 172 g/mol. The summed E-state index contributed by atoms with van der Waals surface area (Å²) in [5.41, 5.74) is -0.910. The van der Waals surface area contributed by atoms with Crippen LogP contribution in [0.2, 0.25) is 0 Å². The van der Waals surface area contributed by atoms with Gasteiger partial charge in [0.1, 0.15) is 0 Å². The van der Waals surface area contributed by atoms with Crippen molar-refractivity contribution in [3.05, 3.63) is 0 Å². The number of carboxylic acids is 2. The Morgan fingerprint density at radius 2 is 1.92 bits per heavy atom.